The standard InChI is InChI=1S/C16H16N2O3S2/c1-10-11-4-5-12-15(10)18(12)16(11)13-6-7-14(22-13)23(20,21)9-3-2-8-17-19/h4-5,7H,2-3,6,8-9H2,1H3. The van der Waals surface area contributed by atoms with Crippen LogP contribution in [0.1, 0.15) is 24.8 Å². The number of rotatable bonds is 6. The van der Waals surface area contributed by atoms with Crippen LogP contribution in [0.25, 0.3) is 21.5 Å². The second-order valence-corrected chi connectivity index (χ2v) is 9.39. The summed E-state index contributed by atoms with van der Waals surface area (Å²) in [6.07, 6.45) is 3.49. The van der Waals surface area contributed by atoms with Crippen molar-refractivity contribution in [3.05, 3.63) is 38.3 Å². The first-order valence-corrected chi connectivity index (χ1v) is 10.1. The highest BCUT2D eigenvalue weighted by Crippen LogP contribution is 2.43. The molecule has 0 aliphatic carbocycles. The molecule has 0 atom stereocenters. The molecule has 5 rings (SSSR count). The molecule has 4 heterocycles. The van der Waals surface area contributed by atoms with Gasteiger partial charge in [-0.05, 0) is 31.4 Å². The molecule has 23 heavy (non-hydrogen) atoms. The third-order valence-corrected chi connectivity index (χ3v) is 8.06. The fourth-order valence-electron chi connectivity index (χ4n) is 3.28. The van der Waals surface area contributed by atoms with E-state index in [-0.39, 0.29) is 12.3 Å². The third kappa shape index (κ3) is 2.25. The summed E-state index contributed by atoms with van der Waals surface area (Å²) in [7, 11) is -3.25. The Bertz CT molecular complexity index is 1020. The van der Waals surface area contributed by atoms with E-state index in [1.165, 1.54) is 39.3 Å². The van der Waals surface area contributed by atoms with Gasteiger partial charge < -0.3 is 4.57 Å². The Morgan fingerprint density at radius 3 is 2.78 bits per heavy atom. The molecule has 4 bridgehead atoms. The van der Waals surface area contributed by atoms with Gasteiger partial charge in [0, 0.05) is 16.7 Å². The van der Waals surface area contributed by atoms with Crippen LogP contribution in [-0.2, 0) is 9.84 Å². The molecular formula is C16H16N2O3S2. The lowest BCUT2D eigenvalue weighted by Gasteiger charge is -2.05. The van der Waals surface area contributed by atoms with Gasteiger partial charge in [-0.15, -0.1) is 0 Å². The van der Waals surface area contributed by atoms with E-state index in [2.05, 4.69) is 28.8 Å². The van der Waals surface area contributed by atoms with E-state index in [1.807, 2.05) is 6.08 Å². The third-order valence-electron chi connectivity index (χ3n) is 4.46. The van der Waals surface area contributed by atoms with Crippen molar-refractivity contribution in [3.8, 4) is 5.69 Å². The summed E-state index contributed by atoms with van der Waals surface area (Å²) in [5.74, 6) is 0.0874. The fraction of sp³-hybridized carbons (Fsp3) is 0.375. The van der Waals surface area contributed by atoms with Gasteiger partial charge in [0.05, 0.1) is 28.9 Å². The van der Waals surface area contributed by atoms with Crippen LogP contribution in [0, 0.1) is 11.8 Å². The Morgan fingerprint density at radius 1 is 1.30 bits per heavy atom. The average Bonchev–Trinajstić information content (AvgIpc) is 2.94. The van der Waals surface area contributed by atoms with Crippen molar-refractivity contribution in [1.29, 1.82) is 0 Å². The maximum absolute atomic E-state index is 12.4. The van der Waals surface area contributed by atoms with Crippen LogP contribution in [0.15, 0.2) is 27.6 Å². The molecule has 0 saturated carbocycles. The monoisotopic (exact) mass is 348 g/mol. The Morgan fingerprint density at radius 2 is 2.13 bits per heavy atom. The zero-order valence-corrected chi connectivity index (χ0v) is 14.3. The van der Waals surface area contributed by atoms with Gasteiger partial charge in [0.1, 0.15) is 4.24 Å². The normalized spacial score (nSPS) is 18.6. The second kappa shape index (κ2) is 5.21. The van der Waals surface area contributed by atoms with Crippen LogP contribution in [-0.4, -0.2) is 25.3 Å². The Balaban J connectivity index is 1.57. The number of fused-ring (bicyclic) bond motifs is 1. The maximum atomic E-state index is 12.4. The zero-order chi connectivity index (χ0) is 16.2. The second-order valence-electron chi connectivity index (χ2n) is 5.92. The summed E-state index contributed by atoms with van der Waals surface area (Å²) in [5.41, 5.74) is 3.84. The van der Waals surface area contributed by atoms with Crippen LogP contribution in [0.4, 0.5) is 0 Å². The molecule has 0 unspecified atom stereocenters. The number of unbranched alkanes of at least 4 members (excludes halogenated alkanes) is 1. The van der Waals surface area contributed by atoms with Gasteiger partial charge in [0.15, 0.2) is 9.84 Å². The lowest BCUT2D eigenvalue weighted by atomic mass is 10.1. The lowest BCUT2D eigenvalue weighted by Crippen LogP contribution is -2.12. The first-order valence-electron chi connectivity index (χ1n) is 7.62. The van der Waals surface area contributed by atoms with Gasteiger partial charge in [0.25, 0.3) is 0 Å². The zero-order valence-electron chi connectivity index (χ0n) is 12.7. The van der Waals surface area contributed by atoms with Crippen LogP contribution < -0.4 is 5.35 Å². The van der Waals surface area contributed by atoms with E-state index in [9.17, 15) is 13.3 Å². The number of thioether (sulfide) groups is 1. The van der Waals surface area contributed by atoms with Crippen LogP contribution in [0.2, 0.25) is 0 Å². The molecule has 0 fully saturated rings. The summed E-state index contributed by atoms with van der Waals surface area (Å²) in [4.78, 5) is 11.2. The highest BCUT2D eigenvalue weighted by molar-refractivity contribution is 8.23. The molecule has 0 saturated heterocycles. The lowest BCUT2D eigenvalue weighted by molar-refractivity contribution is 0.599. The molecule has 0 N–H and O–H groups in total. The Hall–Kier alpha value is -1.60. The Labute approximate surface area is 138 Å². The topological polar surface area (TPSA) is 68.5 Å². The summed E-state index contributed by atoms with van der Waals surface area (Å²) >= 11 is 1.38. The molecule has 2 aromatic rings. The van der Waals surface area contributed by atoms with Crippen molar-refractivity contribution in [1.82, 2.24) is 4.57 Å². The van der Waals surface area contributed by atoms with Crippen molar-refractivity contribution in [2.24, 2.45) is 5.18 Å². The SMILES string of the molecule is Cc1c2ccc3c1n-3c2=C1CC=C(S(=O)(=O)CCCCN=O)S1. The van der Waals surface area contributed by atoms with Crippen molar-refractivity contribution < 1.29 is 8.42 Å². The first kappa shape index (κ1) is 15.0. The van der Waals surface area contributed by atoms with E-state index < -0.39 is 9.84 Å². The van der Waals surface area contributed by atoms with Crippen molar-refractivity contribution in [3.63, 3.8) is 0 Å². The number of hydrogen-bond acceptors (Lipinski definition) is 5. The highest BCUT2D eigenvalue weighted by atomic mass is 32.3. The number of nitroso groups, excluding NO2 is 1. The van der Waals surface area contributed by atoms with E-state index >= 15 is 0 Å². The molecule has 1 aromatic heterocycles. The van der Waals surface area contributed by atoms with E-state index in [4.69, 9.17) is 0 Å². The number of nitrogens with zero attached hydrogens (tertiary/aromatic N) is 2. The summed E-state index contributed by atoms with van der Waals surface area (Å²) in [6, 6.07) is 4.24. The molecule has 120 valence electrons. The number of aryl methyl sites for hydroxylation is 1. The van der Waals surface area contributed by atoms with Crippen LogP contribution in [0.5, 0.6) is 0 Å². The molecule has 1 aromatic carbocycles. The van der Waals surface area contributed by atoms with Crippen molar-refractivity contribution in [2.45, 2.75) is 26.2 Å². The predicted octanol–water partition coefficient (Wildman–Crippen LogP) is 3.02. The fourth-order valence-corrected chi connectivity index (χ4v) is 6.33. The minimum absolute atomic E-state index is 0.0874. The summed E-state index contributed by atoms with van der Waals surface area (Å²) in [5, 5.41) is 5.16. The quantitative estimate of drug-likeness (QED) is 0.507. The highest BCUT2D eigenvalue weighted by Gasteiger charge is 2.31. The summed E-state index contributed by atoms with van der Waals surface area (Å²) in [6.45, 7) is 2.30. The van der Waals surface area contributed by atoms with Gasteiger partial charge in [0.2, 0.25) is 0 Å². The van der Waals surface area contributed by atoms with Crippen molar-refractivity contribution >= 4 is 37.4 Å². The van der Waals surface area contributed by atoms with Gasteiger partial charge in [-0.2, -0.15) is 4.91 Å². The first-order chi connectivity index (χ1) is 11.0. The molecule has 5 nitrogen and oxygen atoms in total. The van der Waals surface area contributed by atoms with E-state index in [0.717, 1.165) is 4.91 Å². The van der Waals surface area contributed by atoms with Gasteiger partial charge in [-0.1, -0.05) is 29.1 Å². The minimum atomic E-state index is -3.25. The number of hydrogen-bond donors (Lipinski definition) is 0. The van der Waals surface area contributed by atoms with Crippen molar-refractivity contribution in [2.75, 3.05) is 12.3 Å². The number of pyridine rings is 2. The summed E-state index contributed by atoms with van der Waals surface area (Å²) < 4.78 is 27.5. The van der Waals surface area contributed by atoms with Crippen LogP contribution in [0.3, 0.4) is 0 Å². The molecule has 0 amide bonds. The smallest absolute Gasteiger partial charge is 0.184 e. The van der Waals surface area contributed by atoms with Crippen LogP contribution >= 0.6 is 11.8 Å². The van der Waals surface area contributed by atoms with Gasteiger partial charge >= 0.3 is 0 Å². The number of allylic oxidation sites excluding steroid dienone is 1. The number of benzene rings is 1. The minimum Gasteiger partial charge on any atom is -0.305 e. The number of sulfone groups is 1. The molecule has 3 aliphatic rings. The molecular weight excluding hydrogens is 332 g/mol. The molecule has 0 radical (unpaired) electrons. The van der Waals surface area contributed by atoms with E-state index in [0.29, 0.717) is 23.5 Å². The molecule has 3 aliphatic heterocycles. The van der Waals surface area contributed by atoms with Gasteiger partial charge in [-0.3, -0.25) is 0 Å². The van der Waals surface area contributed by atoms with E-state index in [1.54, 1.807) is 0 Å². The predicted molar refractivity (Wildman–Crippen MR) is 94.2 cm³/mol. The molecule has 0 spiro atoms. The largest absolute Gasteiger partial charge is 0.305 e. The maximum Gasteiger partial charge on any atom is 0.184 e. The average molecular weight is 348 g/mol. The molecule has 7 heteroatoms. The van der Waals surface area contributed by atoms with Gasteiger partial charge in [-0.25, -0.2) is 8.42 Å². The number of aromatic nitrogens is 1. The Kier molecular flexibility index (Phi) is 3.39.